The number of carbonyl (C=O) groups excluding carboxylic acids is 1. The van der Waals surface area contributed by atoms with E-state index in [1.165, 1.54) is 5.56 Å². The summed E-state index contributed by atoms with van der Waals surface area (Å²) in [6, 6.07) is 4.58. The van der Waals surface area contributed by atoms with Crippen LogP contribution in [0.2, 0.25) is 0 Å². The zero-order valence-corrected chi connectivity index (χ0v) is 21.7. The zero-order valence-electron chi connectivity index (χ0n) is 19.4. The lowest BCUT2D eigenvalue weighted by molar-refractivity contribution is -0.122. The lowest BCUT2D eigenvalue weighted by Crippen LogP contribution is -2.54. The number of fused-ring (bicyclic) bond motifs is 1. The molecule has 0 spiro atoms. The maximum Gasteiger partial charge on any atom is 0.234 e. The Kier molecular flexibility index (Phi) is 8.87. The Morgan fingerprint density at radius 1 is 1.25 bits per heavy atom. The number of nitrogens with one attached hydrogen (secondary N) is 2. The minimum atomic E-state index is 0. The summed E-state index contributed by atoms with van der Waals surface area (Å²) in [6.07, 6.45) is 3.38. The highest BCUT2D eigenvalue weighted by atomic mass is 127. The second-order valence-corrected chi connectivity index (χ2v) is 8.68. The van der Waals surface area contributed by atoms with E-state index in [0.717, 1.165) is 75.0 Å². The number of carbonyl (C=O) groups is 1. The summed E-state index contributed by atoms with van der Waals surface area (Å²) >= 11 is 0. The summed E-state index contributed by atoms with van der Waals surface area (Å²) in [6.45, 7) is 9.41. The van der Waals surface area contributed by atoms with Gasteiger partial charge in [0.25, 0.3) is 0 Å². The van der Waals surface area contributed by atoms with Crippen molar-refractivity contribution in [3.05, 3.63) is 23.3 Å². The molecular weight excluding hydrogens is 521 g/mol. The summed E-state index contributed by atoms with van der Waals surface area (Å²) in [5.74, 6) is 2.86. The van der Waals surface area contributed by atoms with Crippen LogP contribution in [0.1, 0.15) is 37.8 Å². The molecule has 4 rings (SSSR count). The number of methoxy groups -OCH3 is 1. The van der Waals surface area contributed by atoms with E-state index in [9.17, 15) is 4.79 Å². The molecule has 1 aromatic rings. The number of aliphatic imine (C=N–C) groups is 1. The number of hydrogen-bond acceptors (Lipinski definition) is 5. The van der Waals surface area contributed by atoms with Crippen LogP contribution in [0, 0.1) is 0 Å². The van der Waals surface area contributed by atoms with Gasteiger partial charge in [-0.05, 0) is 38.8 Å². The van der Waals surface area contributed by atoms with Gasteiger partial charge in [0.2, 0.25) is 5.91 Å². The smallest absolute Gasteiger partial charge is 0.234 e. The maximum atomic E-state index is 12.1. The molecule has 2 fully saturated rings. The SMILES string of the molecule is CCNC(=NCc1cc2c(cc1OC)CC(C)O2)N1CCN(CC(=O)NC2CC2)CC1.I. The molecule has 32 heavy (non-hydrogen) atoms. The molecule has 2 heterocycles. The summed E-state index contributed by atoms with van der Waals surface area (Å²) in [5, 5.41) is 6.49. The van der Waals surface area contributed by atoms with E-state index in [2.05, 4.69) is 46.4 Å². The van der Waals surface area contributed by atoms with E-state index in [-0.39, 0.29) is 36.0 Å². The Labute approximate surface area is 208 Å². The Morgan fingerprint density at radius 3 is 2.66 bits per heavy atom. The van der Waals surface area contributed by atoms with Gasteiger partial charge in [-0.1, -0.05) is 0 Å². The van der Waals surface area contributed by atoms with Crippen molar-refractivity contribution in [1.29, 1.82) is 0 Å². The van der Waals surface area contributed by atoms with Crippen molar-refractivity contribution >= 4 is 35.8 Å². The third kappa shape index (κ3) is 6.40. The van der Waals surface area contributed by atoms with Crippen molar-refractivity contribution < 1.29 is 14.3 Å². The summed E-state index contributed by atoms with van der Waals surface area (Å²) in [4.78, 5) is 21.5. The van der Waals surface area contributed by atoms with Gasteiger partial charge in [-0.2, -0.15) is 0 Å². The third-order valence-corrected chi connectivity index (χ3v) is 6.01. The molecule has 3 aliphatic rings. The van der Waals surface area contributed by atoms with E-state index in [4.69, 9.17) is 14.5 Å². The van der Waals surface area contributed by atoms with Crippen LogP contribution >= 0.6 is 24.0 Å². The molecule has 1 saturated heterocycles. The fraction of sp³-hybridized carbons (Fsp3) is 0.652. The van der Waals surface area contributed by atoms with Crippen LogP contribution < -0.4 is 20.1 Å². The van der Waals surface area contributed by atoms with Crippen molar-refractivity contribution in [2.75, 3.05) is 46.4 Å². The van der Waals surface area contributed by atoms with Crippen LogP contribution in [0.25, 0.3) is 0 Å². The first kappa shape index (κ1) is 24.9. The molecule has 9 heteroatoms. The fourth-order valence-corrected chi connectivity index (χ4v) is 4.20. The Bertz CT molecular complexity index is 822. The van der Waals surface area contributed by atoms with E-state index in [1.807, 2.05) is 0 Å². The van der Waals surface area contributed by atoms with Crippen molar-refractivity contribution in [3.8, 4) is 11.5 Å². The minimum Gasteiger partial charge on any atom is -0.496 e. The predicted molar refractivity (Wildman–Crippen MR) is 136 cm³/mol. The number of halogens is 1. The second-order valence-electron chi connectivity index (χ2n) is 8.68. The predicted octanol–water partition coefficient (Wildman–Crippen LogP) is 2.00. The molecule has 8 nitrogen and oxygen atoms in total. The zero-order chi connectivity index (χ0) is 21.8. The minimum absolute atomic E-state index is 0. The molecule has 1 saturated carbocycles. The van der Waals surface area contributed by atoms with Crippen molar-refractivity contribution in [1.82, 2.24) is 20.4 Å². The first-order valence-corrected chi connectivity index (χ1v) is 11.5. The number of ether oxygens (including phenoxy) is 2. The molecule has 1 unspecified atom stereocenters. The van der Waals surface area contributed by atoms with Crippen LogP contribution in [0.5, 0.6) is 11.5 Å². The highest BCUT2D eigenvalue weighted by molar-refractivity contribution is 14.0. The van der Waals surface area contributed by atoms with Crippen molar-refractivity contribution in [3.63, 3.8) is 0 Å². The Morgan fingerprint density at radius 2 is 2.00 bits per heavy atom. The van der Waals surface area contributed by atoms with Gasteiger partial charge in [0, 0.05) is 56.3 Å². The number of rotatable bonds is 7. The summed E-state index contributed by atoms with van der Waals surface area (Å²) in [5.41, 5.74) is 2.23. The molecule has 1 amide bonds. The first-order valence-electron chi connectivity index (χ1n) is 11.5. The maximum absolute atomic E-state index is 12.1. The number of nitrogens with zero attached hydrogens (tertiary/aromatic N) is 3. The Balaban J connectivity index is 0.00000289. The van der Waals surface area contributed by atoms with Crippen LogP contribution in [0.15, 0.2) is 17.1 Å². The van der Waals surface area contributed by atoms with Crippen LogP contribution in [0.4, 0.5) is 0 Å². The van der Waals surface area contributed by atoms with Crippen LogP contribution in [-0.2, 0) is 17.8 Å². The van der Waals surface area contributed by atoms with Crippen LogP contribution in [0.3, 0.4) is 0 Å². The second kappa shape index (κ2) is 11.4. The average molecular weight is 557 g/mol. The molecule has 0 radical (unpaired) electrons. The number of hydrogen-bond donors (Lipinski definition) is 2. The van der Waals surface area contributed by atoms with Gasteiger partial charge in [-0.15, -0.1) is 24.0 Å². The van der Waals surface area contributed by atoms with Gasteiger partial charge in [0.05, 0.1) is 20.2 Å². The molecule has 2 N–H and O–H groups in total. The molecule has 1 atom stereocenters. The molecule has 0 bridgehead atoms. The topological polar surface area (TPSA) is 78.4 Å². The monoisotopic (exact) mass is 557 g/mol. The lowest BCUT2D eigenvalue weighted by Gasteiger charge is -2.36. The highest BCUT2D eigenvalue weighted by Crippen LogP contribution is 2.35. The largest absolute Gasteiger partial charge is 0.496 e. The third-order valence-electron chi connectivity index (χ3n) is 6.01. The van der Waals surface area contributed by atoms with E-state index in [1.54, 1.807) is 7.11 Å². The first-order chi connectivity index (χ1) is 15.1. The van der Waals surface area contributed by atoms with Gasteiger partial charge < -0.3 is 25.0 Å². The standard InChI is InChI=1S/C23H35N5O3.HI/c1-4-24-23(28-9-7-27(8-10-28)15-22(29)26-19-5-6-19)25-14-18-13-21-17(11-16(2)31-21)12-20(18)30-3;/h12-13,16,19H,4-11,14-15H2,1-3H3,(H,24,25)(H,26,29);1H. The van der Waals surface area contributed by atoms with Crippen molar-refractivity contribution in [2.45, 2.75) is 51.8 Å². The number of piperazine rings is 1. The Hall–Kier alpha value is -1.75. The average Bonchev–Trinajstić information content (AvgIpc) is 3.49. The normalized spacial score (nSPS) is 20.8. The van der Waals surface area contributed by atoms with Crippen molar-refractivity contribution in [2.24, 2.45) is 4.99 Å². The molecule has 178 valence electrons. The molecule has 1 aromatic carbocycles. The van der Waals surface area contributed by atoms with Gasteiger partial charge in [-0.25, -0.2) is 4.99 Å². The van der Waals surface area contributed by atoms with E-state index in [0.29, 0.717) is 19.1 Å². The molecular formula is C23H36IN5O3. The van der Waals surface area contributed by atoms with E-state index >= 15 is 0 Å². The highest BCUT2D eigenvalue weighted by Gasteiger charge is 2.26. The summed E-state index contributed by atoms with van der Waals surface area (Å²) < 4.78 is 11.5. The number of benzene rings is 1. The number of guanidine groups is 1. The van der Waals surface area contributed by atoms with E-state index < -0.39 is 0 Å². The van der Waals surface area contributed by atoms with Gasteiger partial charge >= 0.3 is 0 Å². The quantitative estimate of drug-likeness (QED) is 0.304. The van der Waals surface area contributed by atoms with Gasteiger partial charge in [0.15, 0.2) is 5.96 Å². The summed E-state index contributed by atoms with van der Waals surface area (Å²) in [7, 11) is 1.71. The van der Waals surface area contributed by atoms with Crippen LogP contribution in [-0.4, -0.2) is 80.2 Å². The fourth-order valence-electron chi connectivity index (χ4n) is 4.20. The number of amides is 1. The molecule has 2 aliphatic heterocycles. The van der Waals surface area contributed by atoms with Gasteiger partial charge in [-0.3, -0.25) is 9.69 Å². The molecule has 0 aromatic heterocycles. The van der Waals surface area contributed by atoms with Gasteiger partial charge in [0.1, 0.15) is 17.6 Å². The lowest BCUT2D eigenvalue weighted by atomic mass is 10.1. The molecule has 1 aliphatic carbocycles.